The molecule has 3 heterocycles. The predicted molar refractivity (Wildman–Crippen MR) is 121 cm³/mol. The number of aromatic nitrogens is 1. The molecule has 0 bridgehead atoms. The number of carboxylic acid groups (broad SMARTS) is 1. The molecule has 1 atom stereocenters. The number of benzene rings is 1. The first-order chi connectivity index (χ1) is 15.8. The van der Waals surface area contributed by atoms with Crippen molar-refractivity contribution in [3.63, 3.8) is 0 Å². The molecule has 1 aromatic carbocycles. The molecule has 0 radical (unpaired) electrons. The summed E-state index contributed by atoms with van der Waals surface area (Å²) in [4.78, 5) is 13.3. The van der Waals surface area contributed by atoms with Crippen LogP contribution in [0.15, 0.2) is 47.6 Å². The highest BCUT2D eigenvalue weighted by molar-refractivity contribution is 8.01. The average Bonchev–Trinajstić information content (AvgIpc) is 3.16. The second kappa shape index (κ2) is 10.2. The number of pyridine rings is 1. The van der Waals surface area contributed by atoms with E-state index in [1.54, 1.807) is 28.8 Å². The van der Waals surface area contributed by atoms with Gasteiger partial charge in [-0.3, -0.25) is 4.98 Å². The number of halogens is 3. The van der Waals surface area contributed by atoms with E-state index >= 15 is 0 Å². The molecule has 34 heavy (non-hydrogen) atoms. The van der Waals surface area contributed by atoms with Crippen molar-refractivity contribution in [2.45, 2.75) is 48.8 Å². The Kier molecular flexibility index (Phi) is 7.96. The zero-order valence-corrected chi connectivity index (χ0v) is 20.2. The maximum atomic E-state index is 12.9. The van der Waals surface area contributed by atoms with Crippen molar-refractivity contribution < 1.29 is 36.2 Å². The Morgan fingerprint density at radius 1 is 1.21 bits per heavy atom. The Morgan fingerprint density at radius 3 is 2.29 bits per heavy atom. The molecule has 12 heteroatoms. The maximum absolute atomic E-state index is 12.9. The minimum absolute atomic E-state index is 0.00878. The zero-order chi connectivity index (χ0) is 25.1. The van der Waals surface area contributed by atoms with Crippen LogP contribution in [-0.4, -0.2) is 64.7 Å². The third-order valence-electron chi connectivity index (χ3n) is 5.41. The summed E-state index contributed by atoms with van der Waals surface area (Å²) in [6.45, 7) is 5.58. The third-order valence-corrected chi connectivity index (χ3v) is 8.76. The standard InChI is InChI=1S/C20H24N2O3S2.C2HF3O2/c1-15-7-16(2)9-19(8-15)27(23,24)22-13-20(14-22)10-18(12-26-20)25-11-17-3-5-21-6-4-17;3-2(4,5)1(6)7/h3-9,18H,10-14H2,1-2H3;(H,6,7). The van der Waals surface area contributed by atoms with Crippen LogP contribution in [0.4, 0.5) is 13.2 Å². The van der Waals surface area contributed by atoms with Gasteiger partial charge in [-0.15, -0.1) is 11.8 Å². The molecule has 186 valence electrons. The highest BCUT2D eigenvalue weighted by atomic mass is 32.2. The molecule has 1 unspecified atom stereocenters. The summed E-state index contributed by atoms with van der Waals surface area (Å²) in [6.07, 6.45) is -0.466. The first-order valence-electron chi connectivity index (χ1n) is 10.3. The number of sulfonamides is 1. The lowest BCUT2D eigenvalue weighted by molar-refractivity contribution is -0.192. The number of ether oxygens (including phenoxy) is 1. The summed E-state index contributed by atoms with van der Waals surface area (Å²) in [5.74, 6) is -1.84. The van der Waals surface area contributed by atoms with E-state index in [0.717, 1.165) is 28.9 Å². The monoisotopic (exact) mass is 518 g/mol. The summed E-state index contributed by atoms with van der Waals surface area (Å²) in [5.41, 5.74) is 3.07. The van der Waals surface area contributed by atoms with Gasteiger partial charge in [-0.2, -0.15) is 17.5 Å². The highest BCUT2D eigenvalue weighted by Crippen LogP contribution is 2.47. The number of aryl methyl sites for hydroxylation is 2. The van der Waals surface area contributed by atoms with Crippen molar-refractivity contribution >= 4 is 27.8 Å². The van der Waals surface area contributed by atoms with Gasteiger partial charge >= 0.3 is 12.1 Å². The van der Waals surface area contributed by atoms with E-state index in [9.17, 15) is 21.6 Å². The Balaban J connectivity index is 0.000000406. The predicted octanol–water partition coefficient (Wildman–Crippen LogP) is 3.80. The molecule has 1 N–H and O–H groups in total. The number of nitrogens with zero attached hydrogens (tertiary/aromatic N) is 2. The van der Waals surface area contributed by atoms with Crippen LogP contribution in [0.3, 0.4) is 0 Å². The summed E-state index contributed by atoms with van der Waals surface area (Å²) < 4.78 is 65.3. The highest BCUT2D eigenvalue weighted by Gasteiger charge is 2.53. The SMILES string of the molecule is Cc1cc(C)cc(S(=O)(=O)N2CC3(CC(OCc4ccncc4)CS3)C2)c1.O=C(O)C(F)(F)F. The molecule has 0 amide bonds. The third kappa shape index (κ3) is 6.49. The summed E-state index contributed by atoms with van der Waals surface area (Å²) >= 11 is 1.85. The van der Waals surface area contributed by atoms with Gasteiger partial charge in [0.2, 0.25) is 10.0 Å². The van der Waals surface area contributed by atoms with Crippen molar-refractivity contribution in [3.8, 4) is 0 Å². The molecule has 2 aromatic rings. The summed E-state index contributed by atoms with van der Waals surface area (Å²) in [7, 11) is -3.41. The second-order valence-corrected chi connectivity index (χ2v) is 11.8. The summed E-state index contributed by atoms with van der Waals surface area (Å²) in [6, 6.07) is 9.43. The van der Waals surface area contributed by atoms with Crippen LogP contribution in [-0.2, 0) is 26.2 Å². The number of hydrogen-bond donors (Lipinski definition) is 1. The van der Waals surface area contributed by atoms with Crippen LogP contribution in [0, 0.1) is 13.8 Å². The fraction of sp³-hybridized carbons (Fsp3) is 0.455. The van der Waals surface area contributed by atoms with Crippen molar-refractivity contribution in [2.24, 2.45) is 0 Å². The lowest BCUT2D eigenvalue weighted by atomic mass is 9.95. The molecule has 2 aliphatic rings. The molecule has 1 aromatic heterocycles. The lowest BCUT2D eigenvalue weighted by Crippen LogP contribution is -2.60. The number of thioether (sulfide) groups is 1. The van der Waals surface area contributed by atoms with Gasteiger partial charge < -0.3 is 9.84 Å². The second-order valence-electron chi connectivity index (χ2n) is 8.39. The Labute approximate surface area is 200 Å². The van der Waals surface area contributed by atoms with Gasteiger partial charge in [0.05, 0.1) is 17.6 Å². The number of aliphatic carboxylic acids is 1. The van der Waals surface area contributed by atoms with E-state index in [1.165, 1.54) is 0 Å². The van der Waals surface area contributed by atoms with Crippen LogP contribution in [0.1, 0.15) is 23.1 Å². The Bertz CT molecular complexity index is 1100. The van der Waals surface area contributed by atoms with Gasteiger partial charge in [0.25, 0.3) is 0 Å². The molecular weight excluding hydrogens is 493 g/mol. The van der Waals surface area contributed by atoms with Gasteiger partial charge in [0, 0.05) is 36.0 Å². The fourth-order valence-corrected chi connectivity index (χ4v) is 7.34. The molecule has 2 fully saturated rings. The number of carboxylic acids is 1. The average molecular weight is 519 g/mol. The molecule has 2 aliphatic heterocycles. The van der Waals surface area contributed by atoms with Gasteiger partial charge in [-0.1, -0.05) is 6.07 Å². The number of hydrogen-bond acceptors (Lipinski definition) is 6. The molecule has 0 saturated carbocycles. The minimum atomic E-state index is -5.08. The number of alkyl halides is 3. The molecule has 4 rings (SSSR count). The van der Waals surface area contributed by atoms with Crippen LogP contribution >= 0.6 is 11.8 Å². The van der Waals surface area contributed by atoms with E-state index in [4.69, 9.17) is 14.6 Å². The first-order valence-corrected chi connectivity index (χ1v) is 12.8. The number of carbonyl (C=O) groups is 1. The minimum Gasteiger partial charge on any atom is -0.475 e. The quantitative estimate of drug-likeness (QED) is 0.643. The smallest absolute Gasteiger partial charge is 0.475 e. The van der Waals surface area contributed by atoms with Gasteiger partial charge in [0.15, 0.2) is 0 Å². The molecular formula is C22H25F3N2O5S2. The van der Waals surface area contributed by atoms with Crippen molar-refractivity contribution in [3.05, 3.63) is 59.4 Å². The van der Waals surface area contributed by atoms with Crippen molar-refractivity contribution in [1.29, 1.82) is 0 Å². The topological polar surface area (TPSA) is 96.8 Å². The van der Waals surface area contributed by atoms with Gasteiger partial charge in [0.1, 0.15) is 0 Å². The van der Waals surface area contributed by atoms with E-state index in [1.807, 2.05) is 43.8 Å². The first kappa shape index (κ1) is 26.5. The number of rotatable bonds is 5. The van der Waals surface area contributed by atoms with Crippen molar-refractivity contribution in [1.82, 2.24) is 9.29 Å². The van der Waals surface area contributed by atoms with Crippen LogP contribution in [0.25, 0.3) is 0 Å². The van der Waals surface area contributed by atoms with E-state index in [2.05, 4.69) is 4.98 Å². The normalized spacial score (nSPS) is 19.9. The van der Waals surface area contributed by atoms with Crippen LogP contribution in [0.5, 0.6) is 0 Å². The Morgan fingerprint density at radius 2 is 1.76 bits per heavy atom. The molecule has 0 aliphatic carbocycles. The molecule has 1 spiro atoms. The van der Waals surface area contributed by atoms with Crippen molar-refractivity contribution in [2.75, 3.05) is 18.8 Å². The van der Waals surface area contributed by atoms with E-state index in [-0.39, 0.29) is 10.9 Å². The zero-order valence-electron chi connectivity index (χ0n) is 18.6. The van der Waals surface area contributed by atoms with E-state index < -0.39 is 22.2 Å². The fourth-order valence-electron chi connectivity index (χ4n) is 3.82. The Hall–Kier alpha value is -2.15. The summed E-state index contributed by atoms with van der Waals surface area (Å²) in [5, 5.41) is 7.12. The van der Waals surface area contributed by atoms with Crippen LogP contribution < -0.4 is 0 Å². The van der Waals surface area contributed by atoms with Gasteiger partial charge in [-0.25, -0.2) is 13.2 Å². The van der Waals surface area contributed by atoms with Gasteiger partial charge in [-0.05, 0) is 61.2 Å². The molecule has 7 nitrogen and oxygen atoms in total. The molecule has 2 saturated heterocycles. The largest absolute Gasteiger partial charge is 0.490 e. The maximum Gasteiger partial charge on any atom is 0.490 e. The lowest BCUT2D eigenvalue weighted by Gasteiger charge is -2.46. The van der Waals surface area contributed by atoms with E-state index in [0.29, 0.717) is 24.6 Å². The van der Waals surface area contributed by atoms with Crippen LogP contribution in [0.2, 0.25) is 0 Å².